The van der Waals surface area contributed by atoms with E-state index < -0.39 is 6.10 Å². The van der Waals surface area contributed by atoms with E-state index in [4.69, 9.17) is 4.74 Å². The second-order valence-corrected chi connectivity index (χ2v) is 5.07. The van der Waals surface area contributed by atoms with Gasteiger partial charge in [-0.3, -0.25) is 0 Å². The number of aliphatic hydroxyl groups is 1. The number of carbonyl (C=O) groups excluding carboxylic acids is 1. The highest BCUT2D eigenvalue weighted by atomic mass is 16.6. The van der Waals surface area contributed by atoms with E-state index in [2.05, 4.69) is 6.58 Å². The summed E-state index contributed by atoms with van der Waals surface area (Å²) in [7, 11) is 0. The Labute approximate surface area is 96.5 Å². The zero-order valence-electron chi connectivity index (χ0n) is 9.82. The van der Waals surface area contributed by atoms with E-state index in [1.807, 2.05) is 6.92 Å². The van der Waals surface area contributed by atoms with Crippen molar-refractivity contribution in [3.05, 3.63) is 12.2 Å². The van der Waals surface area contributed by atoms with E-state index in [9.17, 15) is 9.90 Å². The molecule has 1 saturated carbocycles. The van der Waals surface area contributed by atoms with Crippen molar-refractivity contribution in [2.75, 3.05) is 0 Å². The summed E-state index contributed by atoms with van der Waals surface area (Å²) in [5.74, 6) is -0.100. The first-order valence-electron chi connectivity index (χ1n) is 6.19. The maximum absolute atomic E-state index is 11.3. The standard InChI is InChI=1S/C13H20O3/c1-8-9(2)13(15)16-12(8)11(14)10-6-4-3-5-7-10/h8,10-12,14H,2-7H2,1H3/t8-,11+,12+/m0/s1. The van der Waals surface area contributed by atoms with E-state index in [0.29, 0.717) is 11.5 Å². The van der Waals surface area contributed by atoms with Crippen LogP contribution >= 0.6 is 0 Å². The SMILES string of the molecule is C=C1C(=O)O[C@@H]([C@H](O)C2CCCCC2)[C@H]1C. The molecule has 16 heavy (non-hydrogen) atoms. The zero-order valence-corrected chi connectivity index (χ0v) is 9.82. The third kappa shape index (κ3) is 2.01. The second-order valence-electron chi connectivity index (χ2n) is 5.07. The van der Waals surface area contributed by atoms with Crippen LogP contribution < -0.4 is 0 Å². The first-order chi connectivity index (χ1) is 7.61. The van der Waals surface area contributed by atoms with E-state index >= 15 is 0 Å². The molecular weight excluding hydrogens is 204 g/mol. The van der Waals surface area contributed by atoms with Crippen LogP contribution in [0.2, 0.25) is 0 Å². The first-order valence-corrected chi connectivity index (χ1v) is 6.19. The van der Waals surface area contributed by atoms with Gasteiger partial charge in [-0.1, -0.05) is 32.8 Å². The molecule has 3 nitrogen and oxygen atoms in total. The number of hydrogen-bond donors (Lipinski definition) is 1. The lowest BCUT2D eigenvalue weighted by Gasteiger charge is -2.30. The lowest BCUT2D eigenvalue weighted by atomic mass is 9.80. The van der Waals surface area contributed by atoms with Crippen LogP contribution in [0.1, 0.15) is 39.0 Å². The highest BCUT2D eigenvalue weighted by Gasteiger charge is 2.42. The Morgan fingerprint density at radius 1 is 1.38 bits per heavy atom. The van der Waals surface area contributed by atoms with Gasteiger partial charge in [-0.05, 0) is 18.8 Å². The Morgan fingerprint density at radius 3 is 2.50 bits per heavy atom. The molecule has 0 aromatic rings. The van der Waals surface area contributed by atoms with Gasteiger partial charge in [0.25, 0.3) is 0 Å². The van der Waals surface area contributed by atoms with Crippen LogP contribution in [0.3, 0.4) is 0 Å². The molecule has 1 N–H and O–H groups in total. The number of carbonyl (C=O) groups is 1. The van der Waals surface area contributed by atoms with Crippen molar-refractivity contribution >= 4 is 5.97 Å². The van der Waals surface area contributed by atoms with Gasteiger partial charge in [0.15, 0.2) is 0 Å². The molecule has 0 bridgehead atoms. The summed E-state index contributed by atoms with van der Waals surface area (Å²) in [6.07, 6.45) is 4.83. The van der Waals surface area contributed by atoms with Crippen molar-refractivity contribution in [3.8, 4) is 0 Å². The van der Waals surface area contributed by atoms with Crippen LogP contribution in [0, 0.1) is 11.8 Å². The van der Waals surface area contributed by atoms with Crippen molar-refractivity contribution in [1.29, 1.82) is 0 Å². The monoisotopic (exact) mass is 224 g/mol. The second kappa shape index (κ2) is 4.58. The summed E-state index contributed by atoms with van der Waals surface area (Å²) in [4.78, 5) is 11.3. The number of esters is 1. The van der Waals surface area contributed by atoms with E-state index in [1.54, 1.807) is 0 Å². The Bertz CT molecular complexity index is 292. The van der Waals surface area contributed by atoms with Crippen molar-refractivity contribution in [3.63, 3.8) is 0 Å². The van der Waals surface area contributed by atoms with Crippen LogP contribution in [-0.2, 0) is 9.53 Å². The summed E-state index contributed by atoms with van der Waals surface area (Å²) in [6.45, 7) is 5.62. The minimum atomic E-state index is -0.515. The molecule has 1 heterocycles. The Hall–Kier alpha value is -0.830. The average Bonchev–Trinajstić information content (AvgIpc) is 2.57. The van der Waals surface area contributed by atoms with Gasteiger partial charge in [0.05, 0.1) is 6.10 Å². The number of cyclic esters (lactones) is 1. The van der Waals surface area contributed by atoms with E-state index in [-0.39, 0.29) is 18.0 Å². The number of hydrogen-bond acceptors (Lipinski definition) is 3. The van der Waals surface area contributed by atoms with Gasteiger partial charge in [-0.25, -0.2) is 4.79 Å². The maximum atomic E-state index is 11.3. The molecular formula is C13H20O3. The Kier molecular flexibility index (Phi) is 3.33. The van der Waals surface area contributed by atoms with Crippen LogP contribution in [0.15, 0.2) is 12.2 Å². The molecule has 1 aliphatic heterocycles. The number of rotatable bonds is 2. The van der Waals surface area contributed by atoms with E-state index in [1.165, 1.54) is 19.3 Å². The summed E-state index contributed by atoms with van der Waals surface area (Å²) in [6, 6.07) is 0. The largest absolute Gasteiger partial charge is 0.456 e. The normalized spacial score (nSPS) is 33.9. The Morgan fingerprint density at radius 2 is 2.00 bits per heavy atom. The molecule has 0 spiro atoms. The summed E-state index contributed by atoms with van der Waals surface area (Å²) in [5, 5.41) is 10.3. The molecule has 0 aromatic heterocycles. The maximum Gasteiger partial charge on any atom is 0.334 e. The van der Waals surface area contributed by atoms with Gasteiger partial charge in [0, 0.05) is 11.5 Å². The average molecular weight is 224 g/mol. The van der Waals surface area contributed by atoms with E-state index in [0.717, 1.165) is 12.8 Å². The molecule has 90 valence electrons. The number of ether oxygens (including phenoxy) is 1. The minimum absolute atomic E-state index is 0.0515. The predicted octanol–water partition coefficient (Wildman–Crippen LogP) is 2.05. The summed E-state index contributed by atoms with van der Waals surface area (Å²) in [5.41, 5.74) is 0.500. The molecule has 1 saturated heterocycles. The molecule has 0 unspecified atom stereocenters. The lowest BCUT2D eigenvalue weighted by molar-refractivity contribution is -0.146. The van der Waals surface area contributed by atoms with Gasteiger partial charge in [0.2, 0.25) is 0 Å². The fourth-order valence-corrected chi connectivity index (χ4v) is 2.79. The molecule has 0 aromatic carbocycles. The van der Waals surface area contributed by atoms with Crippen molar-refractivity contribution in [1.82, 2.24) is 0 Å². The molecule has 2 rings (SSSR count). The predicted molar refractivity (Wildman–Crippen MR) is 60.8 cm³/mol. The fourth-order valence-electron chi connectivity index (χ4n) is 2.79. The molecule has 1 aliphatic carbocycles. The highest BCUT2D eigenvalue weighted by Crippen LogP contribution is 2.35. The minimum Gasteiger partial charge on any atom is -0.456 e. The highest BCUT2D eigenvalue weighted by molar-refractivity contribution is 5.90. The van der Waals surface area contributed by atoms with Gasteiger partial charge in [-0.15, -0.1) is 0 Å². The Balaban J connectivity index is 2.01. The van der Waals surface area contributed by atoms with Gasteiger partial charge >= 0.3 is 5.97 Å². The van der Waals surface area contributed by atoms with Crippen LogP contribution in [0.25, 0.3) is 0 Å². The molecule has 3 heteroatoms. The van der Waals surface area contributed by atoms with Crippen LogP contribution in [0.4, 0.5) is 0 Å². The number of aliphatic hydroxyl groups excluding tert-OH is 1. The van der Waals surface area contributed by atoms with Crippen LogP contribution in [-0.4, -0.2) is 23.3 Å². The smallest absolute Gasteiger partial charge is 0.334 e. The first kappa shape index (κ1) is 11.6. The summed E-state index contributed by atoms with van der Waals surface area (Å²) < 4.78 is 5.21. The topological polar surface area (TPSA) is 46.5 Å². The van der Waals surface area contributed by atoms with Crippen molar-refractivity contribution in [2.45, 2.75) is 51.2 Å². The fraction of sp³-hybridized carbons (Fsp3) is 0.769. The quantitative estimate of drug-likeness (QED) is 0.577. The van der Waals surface area contributed by atoms with Crippen molar-refractivity contribution in [2.24, 2.45) is 11.8 Å². The molecule has 0 amide bonds. The molecule has 2 fully saturated rings. The van der Waals surface area contributed by atoms with Gasteiger partial charge < -0.3 is 9.84 Å². The summed E-state index contributed by atoms with van der Waals surface area (Å²) >= 11 is 0. The van der Waals surface area contributed by atoms with Crippen LogP contribution in [0.5, 0.6) is 0 Å². The zero-order chi connectivity index (χ0) is 11.7. The lowest BCUT2D eigenvalue weighted by Crippen LogP contribution is -2.37. The molecule has 2 aliphatic rings. The third-order valence-corrected chi connectivity index (χ3v) is 4.02. The molecule has 0 radical (unpaired) electrons. The van der Waals surface area contributed by atoms with Gasteiger partial charge in [-0.2, -0.15) is 0 Å². The van der Waals surface area contributed by atoms with Crippen molar-refractivity contribution < 1.29 is 14.6 Å². The van der Waals surface area contributed by atoms with Gasteiger partial charge in [0.1, 0.15) is 6.10 Å². The molecule has 3 atom stereocenters. The third-order valence-electron chi connectivity index (χ3n) is 4.02.